The van der Waals surface area contributed by atoms with Crippen LogP contribution >= 0.6 is 0 Å². The molecule has 2 N–H and O–H groups in total. The monoisotopic (exact) mass is 332 g/mol. The summed E-state index contributed by atoms with van der Waals surface area (Å²) in [7, 11) is 1.59. The average molecular weight is 332 g/mol. The molecule has 1 aromatic heterocycles. The summed E-state index contributed by atoms with van der Waals surface area (Å²) in [5.74, 6) is 1.33. The molecule has 0 unspecified atom stereocenters. The van der Waals surface area contributed by atoms with Crippen LogP contribution in [-0.4, -0.2) is 46.1 Å². The number of ether oxygens (including phenoxy) is 1. The first-order chi connectivity index (χ1) is 11.6. The second kappa shape index (κ2) is 8.35. The number of anilines is 1. The highest BCUT2D eigenvalue weighted by atomic mass is 16.5. The van der Waals surface area contributed by atoms with Crippen molar-refractivity contribution < 1.29 is 14.6 Å². The van der Waals surface area contributed by atoms with E-state index in [0.717, 1.165) is 5.56 Å². The molecule has 2 amide bonds. The normalized spacial score (nSPS) is 10.7. The molecule has 0 bridgehead atoms. The minimum atomic E-state index is -0.294. The van der Waals surface area contributed by atoms with E-state index in [-0.39, 0.29) is 25.2 Å². The van der Waals surface area contributed by atoms with Crippen LogP contribution in [-0.2, 0) is 6.54 Å². The Hall–Kier alpha value is -2.54. The van der Waals surface area contributed by atoms with E-state index >= 15 is 0 Å². The molecule has 0 spiro atoms. The van der Waals surface area contributed by atoms with Gasteiger partial charge in [0.15, 0.2) is 0 Å². The second-order valence-corrected chi connectivity index (χ2v) is 5.64. The number of aromatic nitrogens is 2. The first-order valence-electron chi connectivity index (χ1n) is 7.89. The second-order valence-electron chi connectivity index (χ2n) is 5.64. The number of hydrogen-bond acceptors (Lipinski definition) is 4. The van der Waals surface area contributed by atoms with Gasteiger partial charge in [0.25, 0.3) is 0 Å². The van der Waals surface area contributed by atoms with Gasteiger partial charge < -0.3 is 14.7 Å². The highest BCUT2D eigenvalue weighted by Crippen LogP contribution is 2.20. The SMILES string of the molecule is COc1ccccc1CN(CCO)C(=O)Nc1ccnn1C(C)C. The topological polar surface area (TPSA) is 79.6 Å². The molecule has 0 aliphatic carbocycles. The number of aliphatic hydroxyl groups is 1. The van der Waals surface area contributed by atoms with Crippen LogP contribution in [0.1, 0.15) is 25.5 Å². The van der Waals surface area contributed by atoms with Crippen molar-refractivity contribution in [3.63, 3.8) is 0 Å². The number of nitrogens with one attached hydrogen (secondary N) is 1. The molecule has 0 saturated carbocycles. The Kier molecular flexibility index (Phi) is 6.20. The number of benzene rings is 1. The van der Waals surface area contributed by atoms with Crippen LogP contribution in [0.15, 0.2) is 36.5 Å². The standard InChI is InChI=1S/C17H24N4O3/c1-13(2)21-16(8-9-18-21)19-17(23)20(10-11-22)12-14-6-4-5-7-15(14)24-3/h4-9,13,22H,10-12H2,1-3H3,(H,19,23). The zero-order valence-corrected chi connectivity index (χ0v) is 14.3. The van der Waals surface area contributed by atoms with E-state index in [2.05, 4.69) is 10.4 Å². The Morgan fingerprint density at radius 3 is 2.79 bits per heavy atom. The predicted molar refractivity (Wildman–Crippen MR) is 92.1 cm³/mol. The largest absolute Gasteiger partial charge is 0.496 e. The summed E-state index contributed by atoms with van der Waals surface area (Å²) in [5, 5.41) is 16.3. The van der Waals surface area contributed by atoms with Gasteiger partial charge >= 0.3 is 6.03 Å². The van der Waals surface area contributed by atoms with Gasteiger partial charge in [-0.25, -0.2) is 9.48 Å². The van der Waals surface area contributed by atoms with Gasteiger partial charge in [0.2, 0.25) is 0 Å². The molecule has 0 saturated heterocycles. The summed E-state index contributed by atoms with van der Waals surface area (Å²) in [5.41, 5.74) is 0.876. The lowest BCUT2D eigenvalue weighted by atomic mass is 10.2. The van der Waals surface area contributed by atoms with Crippen molar-refractivity contribution in [2.45, 2.75) is 26.4 Å². The number of hydrogen-bond donors (Lipinski definition) is 2. The van der Waals surface area contributed by atoms with Crippen molar-refractivity contribution in [1.82, 2.24) is 14.7 Å². The van der Waals surface area contributed by atoms with Gasteiger partial charge in [-0.2, -0.15) is 5.10 Å². The van der Waals surface area contributed by atoms with Crippen molar-refractivity contribution >= 4 is 11.8 Å². The smallest absolute Gasteiger partial charge is 0.323 e. The van der Waals surface area contributed by atoms with Crippen LogP contribution in [0, 0.1) is 0 Å². The Labute approximate surface area is 141 Å². The van der Waals surface area contributed by atoms with Crippen molar-refractivity contribution in [2.75, 3.05) is 25.6 Å². The van der Waals surface area contributed by atoms with E-state index in [4.69, 9.17) is 4.74 Å². The third-order valence-corrected chi connectivity index (χ3v) is 3.61. The number of rotatable bonds is 7. The number of methoxy groups -OCH3 is 1. The van der Waals surface area contributed by atoms with Gasteiger partial charge in [-0.15, -0.1) is 0 Å². The maximum absolute atomic E-state index is 12.6. The number of carbonyl (C=O) groups is 1. The molecule has 24 heavy (non-hydrogen) atoms. The highest BCUT2D eigenvalue weighted by molar-refractivity contribution is 5.88. The molecule has 130 valence electrons. The number of urea groups is 1. The fraction of sp³-hybridized carbons (Fsp3) is 0.412. The molecule has 0 aliphatic heterocycles. The van der Waals surface area contributed by atoms with Crippen LogP contribution in [0.3, 0.4) is 0 Å². The Morgan fingerprint density at radius 1 is 1.38 bits per heavy atom. The molecule has 7 nitrogen and oxygen atoms in total. The minimum Gasteiger partial charge on any atom is -0.496 e. The molecular formula is C17H24N4O3. The predicted octanol–water partition coefficient (Wildman–Crippen LogP) is 2.50. The molecule has 0 fully saturated rings. The number of para-hydroxylation sites is 1. The van der Waals surface area contributed by atoms with Crippen LogP contribution in [0.2, 0.25) is 0 Å². The van der Waals surface area contributed by atoms with E-state index in [1.807, 2.05) is 38.1 Å². The van der Waals surface area contributed by atoms with E-state index in [9.17, 15) is 9.90 Å². The Morgan fingerprint density at radius 2 is 2.12 bits per heavy atom. The van der Waals surface area contributed by atoms with Crippen molar-refractivity contribution in [1.29, 1.82) is 0 Å². The van der Waals surface area contributed by atoms with Crippen LogP contribution in [0.5, 0.6) is 5.75 Å². The van der Waals surface area contributed by atoms with E-state index < -0.39 is 0 Å². The van der Waals surface area contributed by atoms with Crippen LogP contribution in [0.25, 0.3) is 0 Å². The minimum absolute atomic E-state index is 0.119. The van der Waals surface area contributed by atoms with E-state index in [0.29, 0.717) is 18.1 Å². The quantitative estimate of drug-likeness (QED) is 0.816. The molecule has 0 radical (unpaired) electrons. The third kappa shape index (κ3) is 4.26. The van der Waals surface area contributed by atoms with Gasteiger partial charge in [0.1, 0.15) is 11.6 Å². The molecule has 7 heteroatoms. The molecule has 1 aromatic carbocycles. The lowest BCUT2D eigenvalue weighted by molar-refractivity contribution is 0.184. The van der Waals surface area contributed by atoms with Crippen LogP contribution < -0.4 is 10.1 Å². The van der Waals surface area contributed by atoms with Crippen molar-refractivity contribution in [3.8, 4) is 5.75 Å². The van der Waals surface area contributed by atoms with E-state index in [1.54, 1.807) is 24.1 Å². The van der Waals surface area contributed by atoms with E-state index in [1.165, 1.54) is 4.90 Å². The van der Waals surface area contributed by atoms with Gasteiger partial charge in [-0.1, -0.05) is 18.2 Å². The summed E-state index contributed by atoms with van der Waals surface area (Å²) in [6.45, 7) is 4.42. The first kappa shape index (κ1) is 17.8. The Balaban J connectivity index is 2.14. The number of nitrogens with zero attached hydrogens (tertiary/aromatic N) is 3. The van der Waals surface area contributed by atoms with Gasteiger partial charge in [-0.3, -0.25) is 5.32 Å². The van der Waals surface area contributed by atoms with Gasteiger partial charge in [0, 0.05) is 24.2 Å². The number of amides is 2. The lowest BCUT2D eigenvalue weighted by Crippen LogP contribution is -2.37. The molecule has 1 heterocycles. The first-order valence-corrected chi connectivity index (χ1v) is 7.89. The lowest BCUT2D eigenvalue weighted by Gasteiger charge is -2.23. The third-order valence-electron chi connectivity index (χ3n) is 3.61. The maximum atomic E-state index is 12.6. The highest BCUT2D eigenvalue weighted by Gasteiger charge is 2.17. The van der Waals surface area contributed by atoms with Gasteiger partial charge in [0.05, 0.1) is 26.5 Å². The van der Waals surface area contributed by atoms with Gasteiger partial charge in [-0.05, 0) is 19.9 Å². The molecule has 2 aromatic rings. The molecular weight excluding hydrogens is 308 g/mol. The van der Waals surface area contributed by atoms with Crippen molar-refractivity contribution in [3.05, 3.63) is 42.1 Å². The average Bonchev–Trinajstić information content (AvgIpc) is 3.03. The molecule has 2 rings (SSSR count). The Bertz CT molecular complexity index is 669. The zero-order valence-electron chi connectivity index (χ0n) is 14.3. The summed E-state index contributed by atoms with van der Waals surface area (Å²) in [4.78, 5) is 14.1. The molecule has 0 atom stereocenters. The summed E-state index contributed by atoms with van der Waals surface area (Å²) < 4.78 is 7.06. The maximum Gasteiger partial charge on any atom is 0.323 e. The molecule has 0 aliphatic rings. The van der Waals surface area contributed by atoms with Crippen molar-refractivity contribution in [2.24, 2.45) is 0 Å². The zero-order chi connectivity index (χ0) is 17.5. The number of aliphatic hydroxyl groups excluding tert-OH is 1. The number of carbonyl (C=O) groups excluding carboxylic acids is 1. The summed E-state index contributed by atoms with van der Waals surface area (Å²) in [6.07, 6.45) is 1.65. The summed E-state index contributed by atoms with van der Waals surface area (Å²) >= 11 is 0. The van der Waals surface area contributed by atoms with Crippen LogP contribution in [0.4, 0.5) is 10.6 Å². The fourth-order valence-corrected chi connectivity index (χ4v) is 2.43. The fourth-order valence-electron chi connectivity index (χ4n) is 2.43. The summed E-state index contributed by atoms with van der Waals surface area (Å²) in [6, 6.07) is 9.10.